The van der Waals surface area contributed by atoms with Crippen molar-refractivity contribution in [2.75, 3.05) is 26.4 Å². The van der Waals surface area contributed by atoms with Gasteiger partial charge in [0, 0.05) is 10.8 Å². The van der Waals surface area contributed by atoms with Crippen LogP contribution in [-0.4, -0.2) is 38.6 Å². The smallest absolute Gasteiger partial charge is 0.135 e. The molecule has 0 N–H and O–H groups in total. The molecule has 23 heavy (non-hydrogen) atoms. The molecule has 2 aliphatic heterocycles. The van der Waals surface area contributed by atoms with E-state index < -0.39 is 0 Å². The van der Waals surface area contributed by atoms with Crippen LogP contribution in [0.15, 0.2) is 40.8 Å². The van der Waals surface area contributed by atoms with Gasteiger partial charge in [-0.3, -0.25) is 0 Å². The molecular formula is C18H16O5. The highest BCUT2D eigenvalue weighted by Gasteiger charge is 2.24. The van der Waals surface area contributed by atoms with Gasteiger partial charge in [0.15, 0.2) is 0 Å². The molecule has 2 atom stereocenters. The Hall–Kier alpha value is -2.24. The molecule has 2 fully saturated rings. The van der Waals surface area contributed by atoms with Gasteiger partial charge in [0.1, 0.15) is 48.1 Å². The fourth-order valence-corrected chi connectivity index (χ4v) is 2.62. The van der Waals surface area contributed by atoms with Crippen LogP contribution in [0.2, 0.25) is 0 Å². The number of hydrogen-bond acceptors (Lipinski definition) is 5. The molecule has 2 aliphatic rings. The van der Waals surface area contributed by atoms with Crippen molar-refractivity contribution in [3.63, 3.8) is 0 Å². The molecule has 0 bridgehead atoms. The molecule has 0 aliphatic carbocycles. The summed E-state index contributed by atoms with van der Waals surface area (Å²) in [6, 6.07) is 11.8. The molecule has 2 saturated heterocycles. The number of fused-ring (bicyclic) bond motifs is 3. The van der Waals surface area contributed by atoms with Crippen molar-refractivity contribution in [2.24, 2.45) is 0 Å². The molecule has 5 rings (SSSR count). The molecule has 1 aromatic heterocycles. The lowest BCUT2D eigenvalue weighted by atomic mass is 10.1. The summed E-state index contributed by atoms with van der Waals surface area (Å²) in [6.07, 6.45) is 0.493. The number of hydrogen-bond donors (Lipinski definition) is 0. The summed E-state index contributed by atoms with van der Waals surface area (Å²) in [7, 11) is 0. The Morgan fingerprint density at radius 1 is 0.783 bits per heavy atom. The van der Waals surface area contributed by atoms with Crippen LogP contribution in [-0.2, 0) is 9.47 Å². The first kappa shape index (κ1) is 13.2. The van der Waals surface area contributed by atoms with E-state index in [1.165, 1.54) is 0 Å². The van der Waals surface area contributed by atoms with Crippen LogP contribution in [0.1, 0.15) is 0 Å². The lowest BCUT2D eigenvalue weighted by Gasteiger charge is -2.04. The maximum absolute atomic E-state index is 5.88. The Labute approximate surface area is 132 Å². The van der Waals surface area contributed by atoms with Crippen LogP contribution in [0.3, 0.4) is 0 Å². The molecule has 3 heterocycles. The summed E-state index contributed by atoms with van der Waals surface area (Å²) >= 11 is 0. The third-order valence-electron chi connectivity index (χ3n) is 4.09. The Bertz CT molecular complexity index is 790. The number of rotatable bonds is 6. The van der Waals surface area contributed by atoms with E-state index in [4.69, 9.17) is 23.4 Å². The average molecular weight is 312 g/mol. The third kappa shape index (κ3) is 2.73. The zero-order valence-corrected chi connectivity index (χ0v) is 12.5. The van der Waals surface area contributed by atoms with Crippen molar-refractivity contribution in [3.05, 3.63) is 36.4 Å². The minimum Gasteiger partial charge on any atom is -0.491 e. The molecule has 0 amide bonds. The van der Waals surface area contributed by atoms with Crippen LogP contribution in [0, 0.1) is 0 Å². The van der Waals surface area contributed by atoms with Crippen LogP contribution in [0.25, 0.3) is 21.9 Å². The largest absolute Gasteiger partial charge is 0.491 e. The number of epoxide rings is 2. The summed E-state index contributed by atoms with van der Waals surface area (Å²) in [4.78, 5) is 0. The Morgan fingerprint density at radius 2 is 1.26 bits per heavy atom. The van der Waals surface area contributed by atoms with E-state index in [1.807, 2.05) is 36.4 Å². The summed E-state index contributed by atoms with van der Waals surface area (Å²) in [5.41, 5.74) is 1.69. The monoisotopic (exact) mass is 312 g/mol. The molecule has 2 unspecified atom stereocenters. The lowest BCUT2D eigenvalue weighted by molar-refractivity contribution is 0.263. The average Bonchev–Trinajstić information content (AvgIpc) is 3.48. The summed E-state index contributed by atoms with van der Waals surface area (Å²) in [5, 5.41) is 2.06. The van der Waals surface area contributed by atoms with Crippen LogP contribution in [0.4, 0.5) is 0 Å². The topological polar surface area (TPSA) is 56.7 Å². The second kappa shape index (κ2) is 5.15. The van der Waals surface area contributed by atoms with Gasteiger partial charge in [-0.1, -0.05) is 0 Å². The fraction of sp³-hybridized carbons (Fsp3) is 0.333. The summed E-state index contributed by atoms with van der Waals surface area (Å²) in [5.74, 6) is 1.65. The molecule has 5 heteroatoms. The van der Waals surface area contributed by atoms with Crippen molar-refractivity contribution in [1.29, 1.82) is 0 Å². The zero-order valence-electron chi connectivity index (χ0n) is 12.5. The first-order valence-corrected chi connectivity index (χ1v) is 7.80. The highest BCUT2D eigenvalue weighted by molar-refractivity contribution is 6.05. The normalized spacial score (nSPS) is 22.4. The Balaban J connectivity index is 1.47. The van der Waals surface area contributed by atoms with E-state index in [9.17, 15) is 0 Å². The van der Waals surface area contributed by atoms with Crippen molar-refractivity contribution in [1.82, 2.24) is 0 Å². The predicted octanol–water partition coefficient (Wildman–Crippen LogP) is 3.14. The molecular weight excluding hydrogens is 296 g/mol. The predicted molar refractivity (Wildman–Crippen MR) is 84.2 cm³/mol. The first-order valence-electron chi connectivity index (χ1n) is 7.80. The van der Waals surface area contributed by atoms with Crippen LogP contribution >= 0.6 is 0 Å². The van der Waals surface area contributed by atoms with Crippen LogP contribution in [0.5, 0.6) is 11.5 Å². The highest BCUT2D eigenvalue weighted by atomic mass is 16.6. The fourth-order valence-electron chi connectivity index (χ4n) is 2.62. The van der Waals surface area contributed by atoms with E-state index in [1.54, 1.807) is 0 Å². The maximum Gasteiger partial charge on any atom is 0.135 e. The SMILES string of the molecule is c1cc2oc3ccc(OCC4CO4)cc3c2cc1OCC1CO1. The van der Waals surface area contributed by atoms with Gasteiger partial charge in [0.2, 0.25) is 0 Å². The van der Waals surface area contributed by atoms with Gasteiger partial charge in [-0.25, -0.2) is 0 Å². The molecule has 0 saturated carbocycles. The van der Waals surface area contributed by atoms with Gasteiger partial charge in [-0.05, 0) is 36.4 Å². The lowest BCUT2D eigenvalue weighted by Crippen LogP contribution is -2.03. The van der Waals surface area contributed by atoms with E-state index in [0.717, 1.165) is 46.7 Å². The molecule has 5 nitrogen and oxygen atoms in total. The van der Waals surface area contributed by atoms with Gasteiger partial charge < -0.3 is 23.4 Å². The van der Waals surface area contributed by atoms with Gasteiger partial charge >= 0.3 is 0 Å². The quantitative estimate of drug-likeness (QED) is 0.654. The maximum atomic E-state index is 5.88. The minimum absolute atomic E-state index is 0.247. The van der Waals surface area contributed by atoms with E-state index in [0.29, 0.717) is 13.2 Å². The molecule has 2 aromatic carbocycles. The minimum atomic E-state index is 0.247. The van der Waals surface area contributed by atoms with Crippen molar-refractivity contribution < 1.29 is 23.4 Å². The second-order valence-electron chi connectivity index (χ2n) is 5.95. The standard InChI is InChI=1S/C18H16O5/c1-3-17-15(5-11(1)19-7-13-9-21-13)16-6-12(2-4-18(16)23-17)20-8-14-10-22-14/h1-6,13-14H,7-10H2. The van der Waals surface area contributed by atoms with E-state index >= 15 is 0 Å². The van der Waals surface area contributed by atoms with Gasteiger partial charge in [-0.2, -0.15) is 0 Å². The molecule has 0 radical (unpaired) electrons. The van der Waals surface area contributed by atoms with E-state index in [2.05, 4.69) is 0 Å². The Kier molecular flexibility index (Phi) is 2.96. The third-order valence-corrected chi connectivity index (χ3v) is 4.09. The van der Waals surface area contributed by atoms with Crippen LogP contribution < -0.4 is 9.47 Å². The van der Waals surface area contributed by atoms with Crippen molar-refractivity contribution >= 4 is 21.9 Å². The van der Waals surface area contributed by atoms with E-state index in [-0.39, 0.29) is 12.2 Å². The van der Waals surface area contributed by atoms with Crippen molar-refractivity contribution in [3.8, 4) is 11.5 Å². The first-order chi connectivity index (χ1) is 11.3. The summed E-state index contributed by atoms with van der Waals surface area (Å²) in [6.45, 7) is 2.78. The zero-order chi connectivity index (χ0) is 15.2. The van der Waals surface area contributed by atoms with Crippen molar-refractivity contribution in [2.45, 2.75) is 12.2 Å². The van der Waals surface area contributed by atoms with Gasteiger partial charge in [0.25, 0.3) is 0 Å². The number of ether oxygens (including phenoxy) is 4. The number of furan rings is 1. The highest BCUT2D eigenvalue weighted by Crippen LogP contribution is 2.34. The summed E-state index contributed by atoms with van der Waals surface area (Å²) < 4.78 is 27.7. The van der Waals surface area contributed by atoms with Gasteiger partial charge in [0.05, 0.1) is 13.2 Å². The Morgan fingerprint density at radius 3 is 1.70 bits per heavy atom. The molecule has 3 aromatic rings. The number of benzene rings is 2. The second-order valence-corrected chi connectivity index (χ2v) is 5.95. The molecule has 0 spiro atoms. The molecule has 118 valence electrons. The van der Waals surface area contributed by atoms with Gasteiger partial charge in [-0.15, -0.1) is 0 Å².